The Labute approximate surface area is 170 Å². The van der Waals surface area contributed by atoms with Gasteiger partial charge in [0.05, 0.1) is 16.3 Å². The highest BCUT2D eigenvalue weighted by molar-refractivity contribution is 5.81. The number of nitrogens with one attached hydrogen (secondary N) is 2. The first-order valence-electron chi connectivity index (χ1n) is 8.37. The lowest BCUT2D eigenvalue weighted by Crippen LogP contribution is -2.50. The van der Waals surface area contributed by atoms with E-state index in [0.717, 1.165) is 0 Å². The van der Waals surface area contributed by atoms with Crippen molar-refractivity contribution in [3.05, 3.63) is 63.2 Å². The Kier molecular flexibility index (Phi) is 6.47. The summed E-state index contributed by atoms with van der Waals surface area (Å²) in [5.41, 5.74) is -7.52. The normalized spacial score (nSPS) is 12.4. The van der Waals surface area contributed by atoms with Gasteiger partial charge in [-0.1, -0.05) is 12.1 Å². The zero-order valence-electron chi connectivity index (χ0n) is 15.6. The minimum atomic E-state index is -6.29. The molecule has 0 aliphatic rings. The molecule has 0 aliphatic heterocycles. The Morgan fingerprint density at radius 1 is 0.968 bits per heavy atom. The Hall–Kier alpha value is -3.38. The van der Waals surface area contributed by atoms with Crippen molar-refractivity contribution in [1.29, 1.82) is 0 Å². The number of nitrogens with zero attached hydrogens (tertiary/aromatic N) is 1. The number of carbonyl (C=O) groups is 1. The molecule has 0 bridgehead atoms. The summed E-state index contributed by atoms with van der Waals surface area (Å²) < 4.78 is 92.5. The number of aryl methyl sites for hydroxylation is 1. The number of anilines is 2. The fourth-order valence-electron chi connectivity index (χ4n) is 2.81. The lowest BCUT2D eigenvalue weighted by Gasteiger charge is -2.31. The standard InChI is InChI=1S/C18H14F7N3O3/c1-10-6-11(2-5-15(10)28(30)31)8-26-14-7-12(3-4-13(14)27-9-29)16(19,17(20,21)22)18(23,24)25/h2-7,9,26H,8H2,1H3,(H,27,29). The minimum Gasteiger partial charge on any atom is -0.379 e. The molecule has 13 heteroatoms. The van der Waals surface area contributed by atoms with Crippen molar-refractivity contribution in [1.82, 2.24) is 0 Å². The van der Waals surface area contributed by atoms with Crippen LogP contribution in [0, 0.1) is 17.0 Å². The fourth-order valence-corrected chi connectivity index (χ4v) is 2.81. The van der Waals surface area contributed by atoms with Crippen LogP contribution in [0.25, 0.3) is 0 Å². The lowest BCUT2D eigenvalue weighted by molar-refractivity contribution is -0.385. The zero-order valence-corrected chi connectivity index (χ0v) is 15.6. The maximum absolute atomic E-state index is 14.3. The highest BCUT2D eigenvalue weighted by atomic mass is 19.4. The molecule has 0 radical (unpaired) electrons. The van der Waals surface area contributed by atoms with E-state index in [-0.39, 0.29) is 36.0 Å². The molecule has 0 saturated carbocycles. The summed E-state index contributed by atoms with van der Waals surface area (Å²) >= 11 is 0. The number of halogens is 7. The van der Waals surface area contributed by atoms with Gasteiger partial charge in [-0.25, -0.2) is 4.39 Å². The van der Waals surface area contributed by atoms with Gasteiger partial charge in [0, 0.05) is 23.7 Å². The molecule has 2 N–H and O–H groups in total. The molecule has 0 heterocycles. The first-order chi connectivity index (χ1) is 14.2. The predicted octanol–water partition coefficient (Wildman–Crippen LogP) is 5.37. The summed E-state index contributed by atoms with van der Waals surface area (Å²) in [6.07, 6.45) is -12.5. The Bertz CT molecular complexity index is 976. The monoisotopic (exact) mass is 453 g/mol. The quantitative estimate of drug-likeness (QED) is 0.255. The van der Waals surface area contributed by atoms with Gasteiger partial charge in [0.15, 0.2) is 0 Å². The van der Waals surface area contributed by atoms with Crippen LogP contribution in [0.3, 0.4) is 0 Å². The van der Waals surface area contributed by atoms with Gasteiger partial charge in [-0.05, 0) is 30.7 Å². The van der Waals surface area contributed by atoms with Gasteiger partial charge < -0.3 is 10.6 Å². The van der Waals surface area contributed by atoms with Crippen molar-refractivity contribution >= 4 is 23.5 Å². The van der Waals surface area contributed by atoms with Crippen LogP contribution in [0.4, 0.5) is 47.8 Å². The number of carbonyl (C=O) groups excluding carboxylic acids is 1. The van der Waals surface area contributed by atoms with E-state index < -0.39 is 34.2 Å². The van der Waals surface area contributed by atoms with Crippen LogP contribution in [0.5, 0.6) is 0 Å². The average molecular weight is 453 g/mol. The molecule has 0 unspecified atom stereocenters. The lowest BCUT2D eigenvalue weighted by atomic mass is 9.93. The van der Waals surface area contributed by atoms with E-state index in [1.54, 1.807) is 0 Å². The van der Waals surface area contributed by atoms with E-state index in [0.29, 0.717) is 17.7 Å². The summed E-state index contributed by atoms with van der Waals surface area (Å²) in [5, 5.41) is 15.5. The molecular weight excluding hydrogens is 439 g/mol. The zero-order chi connectivity index (χ0) is 23.6. The van der Waals surface area contributed by atoms with Crippen molar-refractivity contribution in [2.75, 3.05) is 10.6 Å². The van der Waals surface area contributed by atoms with Crippen LogP contribution in [0.15, 0.2) is 36.4 Å². The largest absolute Gasteiger partial charge is 0.435 e. The van der Waals surface area contributed by atoms with Gasteiger partial charge in [0.1, 0.15) is 0 Å². The van der Waals surface area contributed by atoms with Crippen molar-refractivity contribution in [2.24, 2.45) is 0 Å². The van der Waals surface area contributed by atoms with Crippen LogP contribution in [-0.2, 0) is 17.0 Å². The SMILES string of the molecule is Cc1cc(CNc2cc(C(F)(C(F)(F)F)C(F)(F)F)ccc2NC=O)ccc1[N+](=O)[O-]. The molecule has 2 aromatic rings. The van der Waals surface area contributed by atoms with Crippen molar-refractivity contribution in [3.8, 4) is 0 Å². The van der Waals surface area contributed by atoms with Gasteiger partial charge >= 0.3 is 18.0 Å². The Morgan fingerprint density at radius 3 is 2.06 bits per heavy atom. The fraction of sp³-hybridized carbons (Fsp3) is 0.278. The molecule has 0 aliphatic carbocycles. The molecule has 1 amide bonds. The smallest absolute Gasteiger partial charge is 0.379 e. The molecular formula is C18H14F7N3O3. The van der Waals surface area contributed by atoms with Crippen LogP contribution in [0.1, 0.15) is 16.7 Å². The Morgan fingerprint density at radius 2 is 1.58 bits per heavy atom. The van der Waals surface area contributed by atoms with Gasteiger partial charge in [-0.2, -0.15) is 26.3 Å². The number of alkyl halides is 7. The topological polar surface area (TPSA) is 84.3 Å². The number of benzene rings is 2. The summed E-state index contributed by atoms with van der Waals surface area (Å²) in [5.74, 6) is 0. The number of hydrogen-bond donors (Lipinski definition) is 2. The maximum atomic E-state index is 14.3. The summed E-state index contributed by atoms with van der Waals surface area (Å²) in [7, 11) is 0. The van der Waals surface area contributed by atoms with Crippen LogP contribution >= 0.6 is 0 Å². The van der Waals surface area contributed by atoms with Crippen LogP contribution < -0.4 is 10.6 Å². The third kappa shape index (κ3) is 4.70. The second-order valence-corrected chi connectivity index (χ2v) is 6.41. The Balaban J connectivity index is 2.46. The van der Waals surface area contributed by atoms with Gasteiger partial charge in [0.2, 0.25) is 6.41 Å². The highest BCUT2D eigenvalue weighted by Gasteiger charge is 2.73. The second kappa shape index (κ2) is 8.40. The van der Waals surface area contributed by atoms with Crippen molar-refractivity contribution < 1.29 is 40.5 Å². The van der Waals surface area contributed by atoms with E-state index in [1.807, 2.05) is 0 Å². The number of rotatable bonds is 7. The minimum absolute atomic E-state index is 0.131. The predicted molar refractivity (Wildman–Crippen MR) is 96.2 cm³/mol. The van der Waals surface area contributed by atoms with Crippen LogP contribution in [0.2, 0.25) is 0 Å². The molecule has 2 rings (SSSR count). The number of nitro groups is 1. The molecule has 31 heavy (non-hydrogen) atoms. The summed E-state index contributed by atoms with van der Waals surface area (Å²) in [6.45, 7) is 1.24. The second-order valence-electron chi connectivity index (χ2n) is 6.41. The van der Waals surface area contributed by atoms with Gasteiger partial charge in [-0.15, -0.1) is 0 Å². The average Bonchev–Trinajstić information content (AvgIpc) is 2.64. The van der Waals surface area contributed by atoms with E-state index in [2.05, 4.69) is 10.6 Å². The number of amides is 1. The van der Waals surface area contributed by atoms with Crippen molar-refractivity contribution in [2.45, 2.75) is 31.5 Å². The third-order valence-electron chi connectivity index (χ3n) is 4.35. The third-order valence-corrected chi connectivity index (χ3v) is 4.35. The summed E-state index contributed by atoms with van der Waals surface area (Å²) in [4.78, 5) is 20.9. The maximum Gasteiger partial charge on any atom is 0.435 e. The first kappa shape index (κ1) is 23.9. The molecule has 0 saturated heterocycles. The first-order valence-corrected chi connectivity index (χ1v) is 8.37. The highest BCUT2D eigenvalue weighted by Crippen LogP contribution is 2.53. The molecule has 0 spiro atoms. The van der Waals surface area contributed by atoms with E-state index in [1.165, 1.54) is 25.1 Å². The molecule has 0 aromatic heterocycles. The summed E-state index contributed by atoms with van der Waals surface area (Å²) in [6, 6.07) is 5.14. The van der Waals surface area contributed by atoms with Crippen LogP contribution in [-0.4, -0.2) is 23.7 Å². The van der Waals surface area contributed by atoms with E-state index in [4.69, 9.17) is 0 Å². The van der Waals surface area contributed by atoms with Gasteiger partial charge in [0.25, 0.3) is 5.69 Å². The van der Waals surface area contributed by atoms with Gasteiger partial charge in [-0.3, -0.25) is 14.9 Å². The van der Waals surface area contributed by atoms with E-state index in [9.17, 15) is 45.6 Å². The molecule has 0 fully saturated rings. The van der Waals surface area contributed by atoms with Crippen molar-refractivity contribution in [3.63, 3.8) is 0 Å². The van der Waals surface area contributed by atoms with E-state index >= 15 is 0 Å². The molecule has 0 atom stereocenters. The molecule has 6 nitrogen and oxygen atoms in total. The number of nitro benzene ring substituents is 1. The number of hydrogen-bond acceptors (Lipinski definition) is 4. The molecule has 168 valence electrons. The molecule has 2 aromatic carbocycles.